The number of carboxylic acids is 1. The van der Waals surface area contributed by atoms with Gasteiger partial charge in [0, 0.05) is 17.3 Å². The van der Waals surface area contributed by atoms with Crippen LogP contribution >= 0.6 is 0 Å². The Bertz CT molecular complexity index is 709. The number of ether oxygens (including phenoxy) is 1. The van der Waals surface area contributed by atoms with E-state index < -0.39 is 17.3 Å². The molecule has 0 saturated carbocycles. The predicted molar refractivity (Wildman–Crippen MR) is 70.6 cm³/mol. The molecule has 0 aliphatic rings. The number of hydrogen-bond acceptors (Lipinski definition) is 3. The van der Waals surface area contributed by atoms with Crippen molar-refractivity contribution < 1.29 is 19.0 Å². The zero-order chi connectivity index (χ0) is 14.7. The molecule has 0 spiro atoms. The lowest BCUT2D eigenvalue weighted by Gasteiger charge is -2.07. The summed E-state index contributed by atoms with van der Waals surface area (Å²) in [6, 6.07) is 6.41. The second-order valence-electron chi connectivity index (χ2n) is 4.03. The summed E-state index contributed by atoms with van der Waals surface area (Å²) < 4.78 is 18.8. The summed E-state index contributed by atoms with van der Waals surface area (Å²) in [6.07, 6.45) is 0. The predicted octanol–water partition coefficient (Wildman–Crippen LogP) is 2.28. The minimum atomic E-state index is -1.22. The van der Waals surface area contributed by atoms with Crippen LogP contribution in [0.25, 0.3) is 11.3 Å². The second kappa shape index (κ2) is 5.56. The minimum Gasteiger partial charge on any atom is -0.491 e. The topological polar surface area (TPSA) is 79.4 Å². The molecule has 0 radical (unpaired) electrons. The summed E-state index contributed by atoms with van der Waals surface area (Å²) in [4.78, 5) is 24.8. The third-order valence-electron chi connectivity index (χ3n) is 2.63. The van der Waals surface area contributed by atoms with Crippen molar-refractivity contribution in [2.45, 2.75) is 6.92 Å². The maximum Gasteiger partial charge on any atom is 0.335 e. The normalized spacial score (nSPS) is 10.3. The molecular formula is C14H12FNO4. The van der Waals surface area contributed by atoms with Gasteiger partial charge in [0.05, 0.1) is 12.2 Å². The lowest BCUT2D eigenvalue weighted by Crippen LogP contribution is -2.10. The van der Waals surface area contributed by atoms with Gasteiger partial charge in [-0.25, -0.2) is 9.18 Å². The van der Waals surface area contributed by atoms with Gasteiger partial charge in [-0.05, 0) is 31.2 Å². The number of aromatic nitrogens is 1. The van der Waals surface area contributed by atoms with Gasteiger partial charge in [0.1, 0.15) is 0 Å². The van der Waals surface area contributed by atoms with E-state index in [1.807, 2.05) is 0 Å². The zero-order valence-electron chi connectivity index (χ0n) is 10.6. The van der Waals surface area contributed by atoms with Gasteiger partial charge in [0.15, 0.2) is 11.6 Å². The number of aromatic carboxylic acids is 1. The third-order valence-corrected chi connectivity index (χ3v) is 2.63. The van der Waals surface area contributed by atoms with Gasteiger partial charge in [-0.3, -0.25) is 4.79 Å². The molecule has 20 heavy (non-hydrogen) atoms. The molecule has 5 nitrogen and oxygen atoms in total. The number of H-pyrrole nitrogens is 1. The lowest BCUT2D eigenvalue weighted by atomic mass is 10.1. The van der Waals surface area contributed by atoms with Crippen molar-refractivity contribution >= 4 is 5.97 Å². The first-order chi connectivity index (χ1) is 9.51. The van der Waals surface area contributed by atoms with E-state index in [1.165, 1.54) is 18.2 Å². The first-order valence-electron chi connectivity index (χ1n) is 5.91. The van der Waals surface area contributed by atoms with E-state index in [9.17, 15) is 14.0 Å². The summed E-state index contributed by atoms with van der Waals surface area (Å²) in [5, 5.41) is 8.90. The molecule has 1 aromatic carbocycles. The summed E-state index contributed by atoms with van der Waals surface area (Å²) in [5.41, 5.74) is -0.116. The molecule has 0 fully saturated rings. The van der Waals surface area contributed by atoms with Gasteiger partial charge in [-0.15, -0.1) is 0 Å². The van der Waals surface area contributed by atoms with Gasteiger partial charge in [0.25, 0.3) is 0 Å². The molecule has 0 saturated heterocycles. The van der Waals surface area contributed by atoms with Crippen molar-refractivity contribution in [1.82, 2.24) is 4.98 Å². The van der Waals surface area contributed by atoms with E-state index in [-0.39, 0.29) is 17.0 Å². The highest BCUT2D eigenvalue weighted by atomic mass is 19.1. The van der Waals surface area contributed by atoms with Gasteiger partial charge in [-0.2, -0.15) is 0 Å². The number of carboxylic acid groups (broad SMARTS) is 1. The average Bonchev–Trinajstić information content (AvgIpc) is 2.40. The number of hydrogen-bond donors (Lipinski definition) is 2. The van der Waals surface area contributed by atoms with Crippen LogP contribution in [0.2, 0.25) is 0 Å². The van der Waals surface area contributed by atoms with Crippen LogP contribution in [0.3, 0.4) is 0 Å². The first kappa shape index (κ1) is 13.8. The van der Waals surface area contributed by atoms with Crippen molar-refractivity contribution in [3.05, 3.63) is 52.1 Å². The summed E-state index contributed by atoms with van der Waals surface area (Å²) in [5.74, 6) is -1.69. The number of carbonyl (C=O) groups is 1. The molecule has 1 aromatic heterocycles. The number of halogens is 1. The maximum atomic E-state index is 13.7. The van der Waals surface area contributed by atoms with Crippen LogP contribution in [-0.4, -0.2) is 22.7 Å². The number of rotatable bonds is 4. The SMILES string of the molecule is CCOc1ccc(-c2cc(C(=O)O)cc(=O)[nH]2)cc1F. The van der Waals surface area contributed by atoms with Crippen LogP contribution in [0, 0.1) is 5.82 Å². The van der Waals surface area contributed by atoms with Crippen molar-refractivity contribution in [2.75, 3.05) is 6.61 Å². The second-order valence-corrected chi connectivity index (χ2v) is 4.03. The highest BCUT2D eigenvalue weighted by Crippen LogP contribution is 2.24. The molecule has 0 aliphatic carbocycles. The van der Waals surface area contributed by atoms with Gasteiger partial charge in [0.2, 0.25) is 5.56 Å². The van der Waals surface area contributed by atoms with E-state index in [2.05, 4.69) is 4.98 Å². The molecule has 0 atom stereocenters. The van der Waals surface area contributed by atoms with Crippen molar-refractivity contribution in [3.8, 4) is 17.0 Å². The maximum absolute atomic E-state index is 13.7. The van der Waals surface area contributed by atoms with Crippen molar-refractivity contribution in [1.29, 1.82) is 0 Å². The fourth-order valence-corrected chi connectivity index (χ4v) is 1.76. The number of pyridine rings is 1. The van der Waals surface area contributed by atoms with Gasteiger partial charge >= 0.3 is 5.97 Å². The summed E-state index contributed by atoms with van der Waals surface area (Å²) in [7, 11) is 0. The molecule has 0 aliphatic heterocycles. The average molecular weight is 277 g/mol. The number of nitrogens with one attached hydrogen (secondary N) is 1. The standard InChI is InChI=1S/C14H12FNO4/c1-2-20-12-4-3-8(5-10(12)15)11-6-9(14(18)19)7-13(17)16-11/h3-7H,2H2,1H3,(H,16,17)(H,18,19). The molecule has 2 rings (SSSR count). The molecule has 6 heteroatoms. The molecule has 2 aromatic rings. The smallest absolute Gasteiger partial charge is 0.335 e. The Morgan fingerprint density at radius 3 is 2.70 bits per heavy atom. The third kappa shape index (κ3) is 2.85. The molecule has 0 bridgehead atoms. The Hall–Kier alpha value is -2.63. The Morgan fingerprint density at radius 2 is 2.10 bits per heavy atom. The Balaban J connectivity index is 2.49. The fourth-order valence-electron chi connectivity index (χ4n) is 1.76. The van der Waals surface area contributed by atoms with Crippen LogP contribution in [0.5, 0.6) is 5.75 Å². The minimum absolute atomic E-state index is 0.105. The Labute approximate surface area is 113 Å². The van der Waals surface area contributed by atoms with Crippen LogP contribution in [0.4, 0.5) is 4.39 Å². The van der Waals surface area contributed by atoms with E-state index in [0.29, 0.717) is 12.2 Å². The zero-order valence-corrected chi connectivity index (χ0v) is 10.6. The number of benzene rings is 1. The van der Waals surface area contributed by atoms with Crippen LogP contribution in [0.1, 0.15) is 17.3 Å². The van der Waals surface area contributed by atoms with Crippen molar-refractivity contribution in [3.63, 3.8) is 0 Å². The lowest BCUT2D eigenvalue weighted by molar-refractivity contribution is 0.0696. The first-order valence-corrected chi connectivity index (χ1v) is 5.91. The highest BCUT2D eigenvalue weighted by molar-refractivity contribution is 5.88. The monoisotopic (exact) mass is 277 g/mol. The largest absolute Gasteiger partial charge is 0.491 e. The molecule has 104 valence electrons. The van der Waals surface area contributed by atoms with E-state index in [0.717, 1.165) is 6.07 Å². The van der Waals surface area contributed by atoms with E-state index >= 15 is 0 Å². The van der Waals surface area contributed by atoms with Gasteiger partial charge in [-0.1, -0.05) is 0 Å². The quantitative estimate of drug-likeness (QED) is 0.898. The van der Waals surface area contributed by atoms with Gasteiger partial charge < -0.3 is 14.8 Å². The summed E-state index contributed by atoms with van der Waals surface area (Å²) in [6.45, 7) is 2.07. The Morgan fingerprint density at radius 1 is 1.35 bits per heavy atom. The van der Waals surface area contributed by atoms with Crippen LogP contribution in [-0.2, 0) is 0 Å². The van der Waals surface area contributed by atoms with Crippen LogP contribution < -0.4 is 10.3 Å². The summed E-state index contributed by atoms with van der Waals surface area (Å²) >= 11 is 0. The van der Waals surface area contributed by atoms with E-state index in [1.54, 1.807) is 13.0 Å². The Kier molecular flexibility index (Phi) is 3.84. The van der Waals surface area contributed by atoms with Crippen LogP contribution in [0.15, 0.2) is 35.1 Å². The number of aromatic amines is 1. The van der Waals surface area contributed by atoms with Crippen molar-refractivity contribution in [2.24, 2.45) is 0 Å². The molecule has 0 amide bonds. The molecule has 0 unspecified atom stereocenters. The molecule has 2 N–H and O–H groups in total. The highest BCUT2D eigenvalue weighted by Gasteiger charge is 2.10. The molecule has 1 heterocycles. The molecular weight excluding hydrogens is 265 g/mol. The van der Waals surface area contributed by atoms with E-state index in [4.69, 9.17) is 9.84 Å². The fraction of sp³-hybridized carbons (Fsp3) is 0.143.